The van der Waals surface area contributed by atoms with Crippen LogP contribution in [0.5, 0.6) is 0 Å². The van der Waals surface area contributed by atoms with Crippen molar-refractivity contribution in [1.82, 2.24) is 10.2 Å². The van der Waals surface area contributed by atoms with Crippen LogP contribution in [-0.4, -0.2) is 25.5 Å². The summed E-state index contributed by atoms with van der Waals surface area (Å²) >= 11 is 0. The van der Waals surface area contributed by atoms with Gasteiger partial charge in [0.05, 0.1) is 0 Å². The molecule has 1 N–H and O–H groups in total. The first kappa shape index (κ1) is 15.0. The molecule has 116 valence electrons. The molecule has 2 saturated carbocycles. The number of rotatable bonds is 6. The number of fused-ring (bicyclic) bond motifs is 2. The van der Waals surface area contributed by atoms with Crippen LogP contribution in [0, 0.1) is 23.6 Å². The number of halogens is 1. The van der Waals surface area contributed by atoms with Gasteiger partial charge in [-0.2, -0.15) is 0 Å². The predicted octanol–water partition coefficient (Wildman–Crippen LogP) is 3.41. The Morgan fingerprint density at radius 3 is 2.81 bits per heavy atom. The first-order valence-corrected chi connectivity index (χ1v) is 8.26. The van der Waals surface area contributed by atoms with Crippen molar-refractivity contribution in [3.05, 3.63) is 35.1 Å². The zero-order valence-corrected chi connectivity index (χ0v) is 13.2. The molecule has 0 amide bonds. The molecule has 0 saturated heterocycles. The molecule has 1 aromatic carbocycles. The summed E-state index contributed by atoms with van der Waals surface area (Å²) < 4.78 is 14.0. The van der Waals surface area contributed by atoms with E-state index >= 15 is 0 Å². The Hall–Kier alpha value is -0.930. The van der Waals surface area contributed by atoms with Crippen molar-refractivity contribution in [2.24, 2.45) is 17.8 Å². The van der Waals surface area contributed by atoms with Gasteiger partial charge in [0.25, 0.3) is 0 Å². The van der Waals surface area contributed by atoms with Crippen LogP contribution in [0.1, 0.15) is 36.8 Å². The Morgan fingerprint density at radius 1 is 1.29 bits per heavy atom. The third-order valence-corrected chi connectivity index (χ3v) is 5.36. The summed E-state index contributed by atoms with van der Waals surface area (Å²) in [6, 6.07) is 5.47. The van der Waals surface area contributed by atoms with E-state index in [4.69, 9.17) is 0 Å². The van der Waals surface area contributed by atoms with Crippen LogP contribution in [0.25, 0.3) is 0 Å². The number of nitrogens with zero attached hydrogens (tertiary/aromatic N) is 1. The minimum absolute atomic E-state index is 0.0744. The molecule has 3 unspecified atom stereocenters. The summed E-state index contributed by atoms with van der Waals surface area (Å²) in [7, 11) is 4.06. The van der Waals surface area contributed by atoms with Gasteiger partial charge in [-0.3, -0.25) is 0 Å². The van der Waals surface area contributed by atoms with Crippen molar-refractivity contribution in [2.45, 2.75) is 38.8 Å². The smallest absolute Gasteiger partial charge is 0.127 e. The van der Waals surface area contributed by atoms with Crippen molar-refractivity contribution in [3.8, 4) is 0 Å². The lowest BCUT2D eigenvalue weighted by atomic mass is 9.88. The summed E-state index contributed by atoms with van der Waals surface area (Å²) in [4.78, 5) is 2.31. The van der Waals surface area contributed by atoms with E-state index in [2.05, 4.69) is 17.3 Å². The summed E-state index contributed by atoms with van der Waals surface area (Å²) in [6.07, 6.45) is 5.72. The van der Waals surface area contributed by atoms with Crippen molar-refractivity contribution < 1.29 is 4.39 Å². The zero-order chi connectivity index (χ0) is 14.8. The van der Waals surface area contributed by atoms with Crippen LogP contribution in [0.3, 0.4) is 0 Å². The van der Waals surface area contributed by atoms with E-state index in [0.29, 0.717) is 0 Å². The van der Waals surface area contributed by atoms with Gasteiger partial charge in [-0.25, -0.2) is 4.39 Å². The van der Waals surface area contributed by atoms with Crippen LogP contribution in [0.2, 0.25) is 0 Å². The molecule has 0 heterocycles. The van der Waals surface area contributed by atoms with Crippen LogP contribution in [-0.2, 0) is 13.1 Å². The van der Waals surface area contributed by atoms with Crippen LogP contribution in [0.15, 0.2) is 18.2 Å². The van der Waals surface area contributed by atoms with E-state index < -0.39 is 0 Å². The molecule has 2 aliphatic carbocycles. The molecule has 2 bridgehead atoms. The van der Waals surface area contributed by atoms with Crippen LogP contribution in [0.4, 0.5) is 4.39 Å². The third-order valence-electron chi connectivity index (χ3n) is 5.36. The summed E-state index contributed by atoms with van der Waals surface area (Å²) in [5.74, 6) is 2.70. The number of hydrogen-bond acceptors (Lipinski definition) is 2. The van der Waals surface area contributed by atoms with E-state index in [1.54, 1.807) is 6.07 Å². The molecular weight excluding hydrogens is 263 g/mol. The quantitative estimate of drug-likeness (QED) is 0.863. The van der Waals surface area contributed by atoms with Gasteiger partial charge in [-0.15, -0.1) is 0 Å². The second-order valence-corrected chi connectivity index (χ2v) is 7.09. The highest BCUT2D eigenvalue weighted by atomic mass is 19.1. The number of benzene rings is 1. The molecule has 2 aliphatic rings. The highest BCUT2D eigenvalue weighted by Gasteiger charge is 2.39. The van der Waals surface area contributed by atoms with Gasteiger partial charge in [0.1, 0.15) is 5.82 Å². The Morgan fingerprint density at radius 2 is 2.14 bits per heavy atom. The SMILES string of the molecule is CNCc1ccc(F)c(CN(C)CC2CC3CCC2C3)c1. The highest BCUT2D eigenvalue weighted by molar-refractivity contribution is 5.25. The molecule has 21 heavy (non-hydrogen) atoms. The van der Waals surface area contributed by atoms with Gasteiger partial charge in [0.2, 0.25) is 0 Å². The molecule has 3 rings (SSSR count). The lowest BCUT2D eigenvalue weighted by molar-refractivity contribution is 0.213. The van der Waals surface area contributed by atoms with Crippen LogP contribution >= 0.6 is 0 Å². The average Bonchev–Trinajstić information content (AvgIpc) is 3.05. The maximum atomic E-state index is 14.0. The van der Waals surface area contributed by atoms with Crippen molar-refractivity contribution in [3.63, 3.8) is 0 Å². The Kier molecular flexibility index (Phi) is 4.60. The molecule has 0 aliphatic heterocycles. The topological polar surface area (TPSA) is 15.3 Å². The van der Waals surface area contributed by atoms with E-state index in [1.165, 1.54) is 25.7 Å². The Balaban J connectivity index is 1.59. The third kappa shape index (κ3) is 3.46. The lowest BCUT2D eigenvalue weighted by Crippen LogP contribution is -2.28. The largest absolute Gasteiger partial charge is 0.316 e. The van der Waals surface area contributed by atoms with Crippen molar-refractivity contribution in [2.75, 3.05) is 20.6 Å². The van der Waals surface area contributed by atoms with Crippen molar-refractivity contribution >= 4 is 0 Å². The average molecular weight is 290 g/mol. The minimum atomic E-state index is -0.0744. The lowest BCUT2D eigenvalue weighted by Gasteiger charge is -2.27. The maximum Gasteiger partial charge on any atom is 0.127 e. The standard InChI is InChI=1S/C18H27FN2/c1-20-10-14-4-6-18(19)17(9-14)12-21(2)11-16-8-13-3-5-15(16)7-13/h4,6,9,13,15-16,20H,3,5,7-8,10-12H2,1-2H3. The summed E-state index contributed by atoms with van der Waals surface area (Å²) in [5, 5.41) is 3.12. The number of hydrogen-bond donors (Lipinski definition) is 1. The van der Waals surface area contributed by atoms with E-state index in [1.807, 2.05) is 19.2 Å². The van der Waals surface area contributed by atoms with Crippen molar-refractivity contribution in [1.29, 1.82) is 0 Å². The van der Waals surface area contributed by atoms with Gasteiger partial charge < -0.3 is 10.2 Å². The highest BCUT2D eigenvalue weighted by Crippen LogP contribution is 2.48. The molecule has 0 aromatic heterocycles. The Bertz CT molecular complexity index is 488. The second-order valence-electron chi connectivity index (χ2n) is 7.09. The Labute approximate surface area is 127 Å². The molecule has 3 heteroatoms. The molecule has 3 atom stereocenters. The first-order valence-electron chi connectivity index (χ1n) is 8.26. The molecule has 1 aromatic rings. The zero-order valence-electron chi connectivity index (χ0n) is 13.2. The molecule has 2 fully saturated rings. The summed E-state index contributed by atoms with van der Waals surface area (Å²) in [5.41, 5.74) is 1.98. The fourth-order valence-corrected chi connectivity index (χ4v) is 4.42. The second kappa shape index (κ2) is 6.45. The number of nitrogens with one attached hydrogen (secondary N) is 1. The summed E-state index contributed by atoms with van der Waals surface area (Å²) in [6.45, 7) is 2.64. The van der Waals surface area contributed by atoms with Gasteiger partial charge in [-0.05, 0) is 62.7 Å². The maximum absolute atomic E-state index is 14.0. The van der Waals surface area contributed by atoms with Crippen LogP contribution < -0.4 is 5.32 Å². The van der Waals surface area contributed by atoms with E-state index in [0.717, 1.165) is 48.5 Å². The first-order chi connectivity index (χ1) is 10.2. The van der Waals surface area contributed by atoms with Gasteiger partial charge in [0.15, 0.2) is 0 Å². The monoisotopic (exact) mass is 290 g/mol. The van der Waals surface area contributed by atoms with E-state index in [9.17, 15) is 4.39 Å². The fraction of sp³-hybridized carbons (Fsp3) is 0.667. The fourth-order valence-electron chi connectivity index (χ4n) is 4.42. The van der Waals surface area contributed by atoms with Gasteiger partial charge >= 0.3 is 0 Å². The molecule has 0 radical (unpaired) electrons. The predicted molar refractivity (Wildman–Crippen MR) is 84.4 cm³/mol. The van der Waals surface area contributed by atoms with E-state index in [-0.39, 0.29) is 5.82 Å². The van der Waals surface area contributed by atoms with Gasteiger partial charge in [-0.1, -0.05) is 18.6 Å². The molecule has 2 nitrogen and oxygen atoms in total. The minimum Gasteiger partial charge on any atom is -0.316 e. The molecular formula is C18H27FN2. The normalized spacial score (nSPS) is 27.7. The molecule has 0 spiro atoms. The van der Waals surface area contributed by atoms with Gasteiger partial charge in [0, 0.05) is 25.2 Å².